The predicted octanol–water partition coefficient (Wildman–Crippen LogP) is 2.39. The number of hydrogen-bond donors (Lipinski definition) is 2. The van der Waals surface area contributed by atoms with Crippen molar-refractivity contribution < 1.29 is 14.3 Å². The summed E-state index contributed by atoms with van der Waals surface area (Å²) in [5, 5.41) is 0. The zero-order valence-corrected chi connectivity index (χ0v) is 20.4. The number of hydrazine groups is 1. The molecule has 9 heteroatoms. The highest BCUT2D eigenvalue weighted by atomic mass is 32.2. The maximum Gasteiger partial charge on any atom is 0.349 e. The summed E-state index contributed by atoms with van der Waals surface area (Å²) >= 11 is 1.33. The number of nitrogens with one attached hydrogen (secondary N) is 1. The Balaban J connectivity index is 2.08. The van der Waals surface area contributed by atoms with Gasteiger partial charge < -0.3 is 24.7 Å². The van der Waals surface area contributed by atoms with Gasteiger partial charge in [-0.15, -0.1) is 0 Å². The van der Waals surface area contributed by atoms with E-state index >= 15 is 0 Å². The molecule has 0 atom stereocenters. The number of nitrogens with two attached hydrogens (primary N) is 1. The number of fused-ring (bicyclic) bond motifs is 1. The van der Waals surface area contributed by atoms with Crippen molar-refractivity contribution >= 4 is 17.9 Å². The fourth-order valence-electron chi connectivity index (χ4n) is 3.14. The van der Waals surface area contributed by atoms with E-state index in [0.29, 0.717) is 23.6 Å². The number of esters is 1. The van der Waals surface area contributed by atoms with E-state index < -0.39 is 5.60 Å². The van der Waals surface area contributed by atoms with Crippen molar-refractivity contribution in [1.82, 2.24) is 19.5 Å². The van der Waals surface area contributed by atoms with Gasteiger partial charge in [0.15, 0.2) is 0 Å². The molecule has 2 heterocycles. The van der Waals surface area contributed by atoms with E-state index in [1.54, 1.807) is 0 Å². The van der Waals surface area contributed by atoms with Gasteiger partial charge in [0.25, 0.3) is 0 Å². The molecule has 0 spiro atoms. The largest absolute Gasteiger partial charge is 0.494 e. The maximum absolute atomic E-state index is 12.7. The number of carbonyl (C=O) groups is 1. The topological polar surface area (TPSA) is 83.3 Å². The molecule has 0 fully saturated rings. The van der Waals surface area contributed by atoms with Crippen LogP contribution < -0.4 is 11.3 Å². The van der Waals surface area contributed by atoms with E-state index in [1.165, 1.54) is 11.9 Å². The minimum Gasteiger partial charge on any atom is -0.494 e. The van der Waals surface area contributed by atoms with Crippen LogP contribution in [0.15, 0.2) is 33.3 Å². The molecule has 0 saturated carbocycles. The first kappa shape index (κ1) is 24.6. The molecule has 3 N–H and O–H groups in total. The highest BCUT2D eigenvalue weighted by molar-refractivity contribution is 8.02. The number of rotatable bonds is 9. The van der Waals surface area contributed by atoms with Crippen molar-refractivity contribution in [2.24, 2.45) is 5.84 Å². The average Bonchev–Trinajstić information content (AvgIpc) is 3.03. The Bertz CT molecular complexity index is 752. The van der Waals surface area contributed by atoms with Gasteiger partial charge >= 0.3 is 5.97 Å². The standard InChI is InChI=1S/C21H37N5O3S/c1-14-13-16(28-12-11-25(8)10-9-24(6)7)15(2)26-18(14)17(23-22)19(30-26)20(27)29-21(3,4)5/h23H,9-13,22H2,1-8H3. The van der Waals surface area contributed by atoms with E-state index in [1.807, 2.05) is 38.9 Å². The predicted molar refractivity (Wildman–Crippen MR) is 122 cm³/mol. The fourth-order valence-corrected chi connectivity index (χ4v) is 4.26. The summed E-state index contributed by atoms with van der Waals surface area (Å²) in [5.41, 5.74) is 5.72. The summed E-state index contributed by atoms with van der Waals surface area (Å²) in [7, 11) is 6.25. The second kappa shape index (κ2) is 10.1. The highest BCUT2D eigenvalue weighted by Crippen LogP contribution is 2.48. The van der Waals surface area contributed by atoms with E-state index in [-0.39, 0.29) is 5.97 Å². The lowest BCUT2D eigenvalue weighted by Gasteiger charge is -2.30. The average molecular weight is 440 g/mol. The zero-order valence-electron chi connectivity index (χ0n) is 19.6. The first-order valence-electron chi connectivity index (χ1n) is 10.2. The summed E-state index contributed by atoms with van der Waals surface area (Å²) in [6.07, 6.45) is 0.687. The lowest BCUT2D eigenvalue weighted by atomic mass is 10.0. The van der Waals surface area contributed by atoms with Gasteiger partial charge in [-0.1, -0.05) is 0 Å². The van der Waals surface area contributed by atoms with Crippen LogP contribution in [-0.2, 0) is 14.3 Å². The number of carbonyl (C=O) groups excluding carboxylic acids is 1. The molecule has 0 radical (unpaired) electrons. The molecule has 0 bridgehead atoms. The zero-order chi connectivity index (χ0) is 22.6. The van der Waals surface area contributed by atoms with Gasteiger partial charge in [0.2, 0.25) is 0 Å². The van der Waals surface area contributed by atoms with Crippen LogP contribution in [0.25, 0.3) is 0 Å². The molecule has 0 saturated heterocycles. The summed E-state index contributed by atoms with van der Waals surface area (Å²) in [6, 6.07) is 0. The molecular weight excluding hydrogens is 402 g/mol. The van der Waals surface area contributed by atoms with Crippen molar-refractivity contribution in [2.75, 3.05) is 47.4 Å². The smallest absolute Gasteiger partial charge is 0.349 e. The van der Waals surface area contributed by atoms with Crippen LogP contribution in [0, 0.1) is 0 Å². The van der Waals surface area contributed by atoms with Crippen molar-refractivity contribution in [2.45, 2.75) is 46.6 Å². The van der Waals surface area contributed by atoms with Crippen LogP contribution in [0.5, 0.6) is 0 Å². The lowest BCUT2D eigenvalue weighted by molar-refractivity contribution is -0.148. The van der Waals surface area contributed by atoms with Crippen LogP contribution in [0.2, 0.25) is 0 Å². The number of allylic oxidation sites excluding steroid dienone is 2. The van der Waals surface area contributed by atoms with Gasteiger partial charge in [-0.05, 0) is 61.3 Å². The Labute approximate surface area is 185 Å². The molecule has 2 aliphatic rings. The molecule has 170 valence electrons. The molecule has 0 aliphatic carbocycles. The molecular formula is C21H37N5O3S. The third-order valence-electron chi connectivity index (χ3n) is 4.79. The summed E-state index contributed by atoms with van der Waals surface area (Å²) in [5.74, 6) is 6.33. The molecule has 2 aliphatic heterocycles. The third kappa shape index (κ3) is 6.16. The fraction of sp³-hybridized carbons (Fsp3) is 0.667. The van der Waals surface area contributed by atoms with E-state index in [9.17, 15) is 4.79 Å². The number of likely N-dealkylation sites (N-methyl/N-ethyl adjacent to an activating group) is 2. The number of ether oxygens (including phenoxy) is 2. The Hall–Kier alpha value is -1.68. The summed E-state index contributed by atoms with van der Waals surface area (Å²) in [4.78, 5) is 17.6. The molecule has 0 amide bonds. The van der Waals surface area contributed by atoms with Crippen LogP contribution in [0.1, 0.15) is 41.0 Å². The third-order valence-corrected chi connectivity index (χ3v) is 5.99. The monoisotopic (exact) mass is 439 g/mol. The SMILES string of the molecule is CC1=C2C(NN)=C(C(=O)OC(C)(C)C)SN2C(C)=C(OCCN(C)CCN(C)C)C1. The second-order valence-electron chi connectivity index (χ2n) is 9.01. The summed E-state index contributed by atoms with van der Waals surface area (Å²) in [6.45, 7) is 13.1. The van der Waals surface area contributed by atoms with E-state index in [0.717, 1.165) is 42.4 Å². The molecule has 2 rings (SSSR count). The lowest BCUT2D eigenvalue weighted by Crippen LogP contribution is -2.31. The highest BCUT2D eigenvalue weighted by Gasteiger charge is 2.39. The molecule has 0 aromatic carbocycles. The molecule has 0 aromatic heterocycles. The molecule has 8 nitrogen and oxygen atoms in total. The van der Waals surface area contributed by atoms with Gasteiger partial charge in [0.05, 0.1) is 17.1 Å². The first-order chi connectivity index (χ1) is 13.9. The Morgan fingerprint density at radius 1 is 1.20 bits per heavy atom. The second-order valence-corrected chi connectivity index (χ2v) is 9.96. The Morgan fingerprint density at radius 3 is 2.43 bits per heavy atom. The van der Waals surface area contributed by atoms with Crippen molar-refractivity contribution in [3.05, 3.63) is 33.3 Å². The van der Waals surface area contributed by atoms with Gasteiger partial charge in [-0.2, -0.15) is 0 Å². The molecule has 0 aromatic rings. The first-order valence-corrected chi connectivity index (χ1v) is 11.0. The normalized spacial score (nSPS) is 17.4. The van der Waals surface area contributed by atoms with Crippen molar-refractivity contribution in [3.8, 4) is 0 Å². The van der Waals surface area contributed by atoms with Crippen molar-refractivity contribution in [3.63, 3.8) is 0 Å². The summed E-state index contributed by atoms with van der Waals surface area (Å²) < 4.78 is 13.7. The molecule has 0 unspecified atom stereocenters. The van der Waals surface area contributed by atoms with Crippen LogP contribution in [0.4, 0.5) is 0 Å². The van der Waals surface area contributed by atoms with Gasteiger partial charge in [-0.3, -0.25) is 10.1 Å². The van der Waals surface area contributed by atoms with Crippen LogP contribution >= 0.6 is 11.9 Å². The molecule has 30 heavy (non-hydrogen) atoms. The van der Waals surface area contributed by atoms with Crippen LogP contribution in [-0.4, -0.2) is 73.1 Å². The quantitative estimate of drug-likeness (QED) is 0.243. The Kier molecular flexibility index (Phi) is 8.27. The van der Waals surface area contributed by atoms with Gasteiger partial charge in [0.1, 0.15) is 22.9 Å². The van der Waals surface area contributed by atoms with Crippen molar-refractivity contribution in [1.29, 1.82) is 0 Å². The van der Waals surface area contributed by atoms with Crippen LogP contribution in [0.3, 0.4) is 0 Å². The number of hydrogen-bond acceptors (Lipinski definition) is 9. The van der Waals surface area contributed by atoms with Gasteiger partial charge in [0, 0.05) is 38.0 Å². The minimum absolute atomic E-state index is 0.382. The Morgan fingerprint density at radius 2 is 1.87 bits per heavy atom. The minimum atomic E-state index is -0.575. The number of nitrogens with zero attached hydrogens (tertiary/aromatic N) is 3. The maximum atomic E-state index is 12.7. The van der Waals surface area contributed by atoms with Gasteiger partial charge in [-0.25, -0.2) is 4.79 Å². The van der Waals surface area contributed by atoms with E-state index in [2.05, 4.69) is 36.4 Å². The van der Waals surface area contributed by atoms with E-state index in [4.69, 9.17) is 15.3 Å².